The van der Waals surface area contributed by atoms with Gasteiger partial charge in [0.15, 0.2) is 0 Å². The molecule has 3 N–H and O–H groups in total. The number of rotatable bonds is 4. The summed E-state index contributed by atoms with van der Waals surface area (Å²) in [4.78, 5) is 7.43. The van der Waals surface area contributed by atoms with E-state index in [2.05, 4.69) is 64.3 Å². The standard InChI is InChI=1S/C18H34N4O2S2/c1-11(25-8)16-20-15(18(5,6)7)14(17(2,3)4)13-9-12(10-22(13)16)21-26(19,23)24/h11-12,15,21H,9-10H2,1-8H3,(H2,19,23,24). The van der Waals surface area contributed by atoms with Crippen molar-refractivity contribution in [2.24, 2.45) is 21.0 Å². The van der Waals surface area contributed by atoms with Crippen molar-refractivity contribution in [3.63, 3.8) is 0 Å². The van der Waals surface area contributed by atoms with E-state index in [0.29, 0.717) is 13.0 Å². The highest BCUT2D eigenvalue weighted by molar-refractivity contribution is 7.99. The lowest BCUT2D eigenvalue weighted by molar-refractivity contribution is 0.292. The highest BCUT2D eigenvalue weighted by atomic mass is 32.2. The van der Waals surface area contributed by atoms with Crippen molar-refractivity contribution in [3.8, 4) is 0 Å². The first-order chi connectivity index (χ1) is 11.6. The zero-order chi connectivity index (χ0) is 20.1. The molecule has 8 heteroatoms. The maximum Gasteiger partial charge on any atom is 0.274 e. The minimum atomic E-state index is -3.73. The highest BCUT2D eigenvalue weighted by Crippen LogP contribution is 2.46. The average molecular weight is 403 g/mol. The van der Waals surface area contributed by atoms with Crippen molar-refractivity contribution >= 4 is 27.8 Å². The number of amidine groups is 1. The number of nitrogens with zero attached hydrogens (tertiary/aromatic N) is 2. The molecule has 0 amide bonds. The molecular formula is C18H34N4O2S2. The Morgan fingerprint density at radius 1 is 1.27 bits per heavy atom. The minimum absolute atomic E-state index is 0.0173. The highest BCUT2D eigenvalue weighted by Gasteiger charge is 2.45. The van der Waals surface area contributed by atoms with E-state index in [4.69, 9.17) is 10.1 Å². The largest absolute Gasteiger partial charge is 0.331 e. The lowest BCUT2D eigenvalue weighted by Gasteiger charge is -2.44. The van der Waals surface area contributed by atoms with Crippen molar-refractivity contribution in [1.82, 2.24) is 9.62 Å². The molecule has 1 saturated heterocycles. The Kier molecular flexibility index (Phi) is 5.94. The van der Waals surface area contributed by atoms with E-state index in [1.165, 1.54) is 11.3 Å². The minimum Gasteiger partial charge on any atom is -0.331 e. The molecule has 3 atom stereocenters. The topological polar surface area (TPSA) is 87.8 Å². The van der Waals surface area contributed by atoms with Gasteiger partial charge in [0.05, 0.1) is 11.3 Å². The summed E-state index contributed by atoms with van der Waals surface area (Å²) < 4.78 is 25.7. The van der Waals surface area contributed by atoms with Crippen molar-refractivity contribution in [2.75, 3.05) is 12.8 Å². The normalized spacial score (nSPS) is 26.0. The second-order valence-corrected chi connectivity index (χ2v) is 11.9. The summed E-state index contributed by atoms with van der Waals surface area (Å²) in [6, 6.07) is -0.151. The van der Waals surface area contributed by atoms with Gasteiger partial charge in [0.25, 0.3) is 10.2 Å². The first-order valence-electron chi connectivity index (χ1n) is 9.06. The van der Waals surface area contributed by atoms with Gasteiger partial charge in [0.1, 0.15) is 5.84 Å². The van der Waals surface area contributed by atoms with Crippen molar-refractivity contribution in [1.29, 1.82) is 0 Å². The summed E-state index contributed by atoms with van der Waals surface area (Å²) in [6.07, 6.45) is 2.73. The van der Waals surface area contributed by atoms with Crippen LogP contribution in [-0.4, -0.2) is 49.3 Å². The maximum absolute atomic E-state index is 11.6. The van der Waals surface area contributed by atoms with Crippen LogP contribution in [0.4, 0.5) is 0 Å². The molecular weight excluding hydrogens is 368 g/mol. The Balaban J connectivity index is 2.60. The number of nitrogens with two attached hydrogens (primary N) is 1. The van der Waals surface area contributed by atoms with Crippen LogP contribution in [0.3, 0.4) is 0 Å². The average Bonchev–Trinajstić information content (AvgIpc) is 2.82. The third-order valence-corrected chi connectivity index (χ3v) is 6.55. The van der Waals surface area contributed by atoms with Gasteiger partial charge in [-0.1, -0.05) is 41.5 Å². The van der Waals surface area contributed by atoms with Gasteiger partial charge in [-0.15, -0.1) is 0 Å². The third kappa shape index (κ3) is 4.64. The van der Waals surface area contributed by atoms with Gasteiger partial charge in [-0.25, -0.2) is 5.14 Å². The molecule has 0 aliphatic carbocycles. The van der Waals surface area contributed by atoms with Gasteiger partial charge in [0, 0.05) is 24.7 Å². The number of hydrogen-bond acceptors (Lipinski definition) is 5. The predicted octanol–water partition coefficient (Wildman–Crippen LogP) is 2.73. The van der Waals surface area contributed by atoms with Crippen LogP contribution in [0.2, 0.25) is 0 Å². The quantitative estimate of drug-likeness (QED) is 0.757. The lowest BCUT2D eigenvalue weighted by atomic mass is 9.71. The number of thioether (sulfide) groups is 1. The van der Waals surface area contributed by atoms with Gasteiger partial charge in [-0.2, -0.15) is 24.9 Å². The van der Waals surface area contributed by atoms with E-state index in [9.17, 15) is 8.42 Å². The van der Waals surface area contributed by atoms with E-state index in [0.717, 1.165) is 5.84 Å². The van der Waals surface area contributed by atoms with Crippen LogP contribution in [0, 0.1) is 10.8 Å². The summed E-state index contributed by atoms with van der Waals surface area (Å²) in [6.45, 7) is 16.0. The summed E-state index contributed by atoms with van der Waals surface area (Å²) in [7, 11) is -3.73. The SMILES string of the molecule is CSC(C)C1=NC(C(C)(C)C)C(C(C)(C)C)=C2CC(NS(N)(=O)=O)CN12. The molecule has 2 heterocycles. The van der Waals surface area contributed by atoms with Gasteiger partial charge in [-0.3, -0.25) is 4.99 Å². The fraction of sp³-hybridized carbons (Fsp3) is 0.833. The molecule has 0 spiro atoms. The molecule has 3 unspecified atom stereocenters. The molecule has 0 saturated carbocycles. The zero-order valence-electron chi connectivity index (χ0n) is 17.3. The van der Waals surface area contributed by atoms with Crippen molar-refractivity contribution in [2.45, 2.75) is 72.2 Å². The second kappa shape index (κ2) is 7.11. The molecule has 0 bridgehead atoms. The molecule has 0 aromatic heterocycles. The summed E-state index contributed by atoms with van der Waals surface area (Å²) in [5, 5.41) is 5.47. The number of hydrogen-bond donors (Lipinski definition) is 2. The van der Waals surface area contributed by atoms with Gasteiger partial charge in [-0.05, 0) is 29.6 Å². The van der Waals surface area contributed by atoms with Crippen LogP contribution in [0.25, 0.3) is 0 Å². The summed E-state index contributed by atoms with van der Waals surface area (Å²) >= 11 is 1.76. The number of aliphatic imine (C=N–C) groups is 1. The zero-order valence-corrected chi connectivity index (χ0v) is 18.9. The first-order valence-corrected chi connectivity index (χ1v) is 11.9. The van der Waals surface area contributed by atoms with Crippen LogP contribution in [0.1, 0.15) is 54.9 Å². The molecule has 2 rings (SSSR count). The van der Waals surface area contributed by atoms with Crippen LogP contribution in [0.5, 0.6) is 0 Å². The van der Waals surface area contributed by atoms with E-state index >= 15 is 0 Å². The van der Waals surface area contributed by atoms with E-state index in [1.807, 2.05) is 0 Å². The van der Waals surface area contributed by atoms with Gasteiger partial charge >= 0.3 is 0 Å². The van der Waals surface area contributed by atoms with Crippen molar-refractivity contribution in [3.05, 3.63) is 11.3 Å². The third-order valence-electron chi connectivity index (χ3n) is 4.97. The van der Waals surface area contributed by atoms with Gasteiger partial charge < -0.3 is 4.90 Å². The fourth-order valence-electron chi connectivity index (χ4n) is 3.86. The van der Waals surface area contributed by atoms with Crippen molar-refractivity contribution < 1.29 is 8.42 Å². The maximum atomic E-state index is 11.6. The number of nitrogens with one attached hydrogen (secondary N) is 1. The van der Waals surface area contributed by atoms with Crippen LogP contribution >= 0.6 is 11.8 Å². The Morgan fingerprint density at radius 3 is 2.27 bits per heavy atom. The first kappa shape index (κ1) is 21.7. The summed E-state index contributed by atoms with van der Waals surface area (Å²) in [5.41, 5.74) is 2.45. The van der Waals surface area contributed by atoms with Crippen LogP contribution in [0.15, 0.2) is 16.3 Å². The molecule has 150 valence electrons. The summed E-state index contributed by atoms with van der Waals surface area (Å²) in [5.74, 6) is 1.04. The monoisotopic (exact) mass is 402 g/mol. The number of fused-ring (bicyclic) bond motifs is 1. The van der Waals surface area contributed by atoms with E-state index < -0.39 is 10.2 Å². The molecule has 6 nitrogen and oxygen atoms in total. The second-order valence-electron chi connectivity index (χ2n) is 9.42. The lowest BCUT2D eigenvalue weighted by Crippen LogP contribution is -2.46. The van der Waals surface area contributed by atoms with Crippen LogP contribution in [-0.2, 0) is 10.2 Å². The Morgan fingerprint density at radius 2 is 1.85 bits per heavy atom. The van der Waals surface area contributed by atoms with Crippen LogP contribution < -0.4 is 9.86 Å². The Labute approximate surface area is 163 Å². The van der Waals surface area contributed by atoms with Gasteiger partial charge in [0.2, 0.25) is 0 Å². The predicted molar refractivity (Wildman–Crippen MR) is 111 cm³/mol. The molecule has 0 radical (unpaired) electrons. The molecule has 0 aromatic rings. The molecule has 26 heavy (non-hydrogen) atoms. The van der Waals surface area contributed by atoms with E-state index in [-0.39, 0.29) is 28.2 Å². The molecule has 1 fully saturated rings. The molecule has 2 aliphatic rings. The van der Waals surface area contributed by atoms with E-state index in [1.54, 1.807) is 11.8 Å². The molecule has 0 aromatic carbocycles. The smallest absolute Gasteiger partial charge is 0.274 e. The fourth-order valence-corrected chi connectivity index (χ4v) is 4.88. The Bertz CT molecular complexity index is 714. The molecule has 2 aliphatic heterocycles. The Hall–Kier alpha value is -0.570.